The highest BCUT2D eigenvalue weighted by Gasteiger charge is 2.39. The molecule has 1 atom stereocenters. The fourth-order valence-electron chi connectivity index (χ4n) is 4.75. The molecule has 0 saturated carbocycles. The van der Waals surface area contributed by atoms with E-state index in [0.29, 0.717) is 22.9 Å². The topological polar surface area (TPSA) is 37.4 Å². The van der Waals surface area contributed by atoms with Crippen molar-refractivity contribution < 1.29 is 8.42 Å². The smallest absolute Gasteiger partial charge is 0.207 e. The van der Waals surface area contributed by atoms with Crippen molar-refractivity contribution in [1.82, 2.24) is 4.31 Å². The van der Waals surface area contributed by atoms with Crippen molar-refractivity contribution in [1.29, 1.82) is 0 Å². The average Bonchev–Trinajstić information content (AvgIpc) is 2.79. The SMILES string of the molecule is Cc1ccc(S(=O)(=O)N2CC3=C(CC2c2ccc(Cl)cc2)c2ccccc2CC3)cc1. The summed E-state index contributed by atoms with van der Waals surface area (Å²) in [6.07, 6.45) is 2.53. The maximum atomic E-state index is 13.7. The Morgan fingerprint density at radius 2 is 1.61 bits per heavy atom. The number of nitrogens with zero attached hydrogens (tertiary/aromatic N) is 1. The third kappa shape index (κ3) is 3.73. The van der Waals surface area contributed by atoms with Crippen LogP contribution in [0.2, 0.25) is 5.02 Å². The highest BCUT2D eigenvalue weighted by Crippen LogP contribution is 2.45. The highest BCUT2D eigenvalue weighted by molar-refractivity contribution is 7.89. The quantitative estimate of drug-likeness (QED) is 0.478. The van der Waals surface area contributed by atoms with Crippen molar-refractivity contribution in [3.05, 3.63) is 106 Å². The Labute approximate surface area is 189 Å². The molecule has 0 radical (unpaired) electrons. The van der Waals surface area contributed by atoms with Gasteiger partial charge in [-0.15, -0.1) is 0 Å². The summed E-state index contributed by atoms with van der Waals surface area (Å²) in [5, 5.41) is 0.649. The summed E-state index contributed by atoms with van der Waals surface area (Å²) in [4.78, 5) is 0.345. The molecule has 3 aromatic rings. The maximum Gasteiger partial charge on any atom is 0.243 e. The Morgan fingerprint density at radius 3 is 2.35 bits per heavy atom. The van der Waals surface area contributed by atoms with Crippen LogP contribution in [0.15, 0.2) is 83.3 Å². The van der Waals surface area contributed by atoms with Crippen molar-refractivity contribution in [2.24, 2.45) is 0 Å². The van der Waals surface area contributed by atoms with Gasteiger partial charge in [-0.05, 0) is 72.7 Å². The van der Waals surface area contributed by atoms with Crippen LogP contribution in [-0.2, 0) is 16.4 Å². The number of fused-ring (bicyclic) bond motifs is 2. The van der Waals surface area contributed by atoms with Gasteiger partial charge in [0.1, 0.15) is 0 Å². The summed E-state index contributed by atoms with van der Waals surface area (Å²) in [7, 11) is -3.65. The molecule has 5 heteroatoms. The molecular formula is C26H24ClNO2S. The first-order chi connectivity index (χ1) is 14.9. The van der Waals surface area contributed by atoms with E-state index < -0.39 is 10.0 Å². The molecule has 0 amide bonds. The fraction of sp³-hybridized carbons (Fsp3) is 0.231. The van der Waals surface area contributed by atoms with E-state index in [9.17, 15) is 8.42 Å². The molecule has 5 rings (SSSR count). The van der Waals surface area contributed by atoms with Crippen LogP contribution in [0.1, 0.15) is 41.1 Å². The zero-order valence-corrected chi connectivity index (χ0v) is 19.0. The maximum absolute atomic E-state index is 13.7. The van der Waals surface area contributed by atoms with Gasteiger partial charge < -0.3 is 0 Å². The predicted octanol–water partition coefficient (Wildman–Crippen LogP) is 6.18. The first-order valence-electron chi connectivity index (χ1n) is 10.6. The van der Waals surface area contributed by atoms with Crippen molar-refractivity contribution in [2.45, 2.75) is 37.1 Å². The molecule has 0 fully saturated rings. The van der Waals surface area contributed by atoms with Crippen LogP contribution in [0.4, 0.5) is 0 Å². The highest BCUT2D eigenvalue weighted by atomic mass is 35.5. The van der Waals surface area contributed by atoms with Gasteiger partial charge in [-0.25, -0.2) is 8.42 Å². The summed E-state index contributed by atoms with van der Waals surface area (Å²) in [6, 6.07) is 23.0. The molecule has 31 heavy (non-hydrogen) atoms. The van der Waals surface area contributed by atoms with Crippen LogP contribution in [0.5, 0.6) is 0 Å². The van der Waals surface area contributed by atoms with E-state index in [1.165, 1.54) is 22.3 Å². The lowest BCUT2D eigenvalue weighted by atomic mass is 9.79. The van der Waals surface area contributed by atoms with Crippen LogP contribution in [0, 0.1) is 6.92 Å². The zero-order valence-electron chi connectivity index (χ0n) is 17.4. The lowest BCUT2D eigenvalue weighted by Crippen LogP contribution is -2.40. The number of hydrogen-bond acceptors (Lipinski definition) is 2. The summed E-state index contributed by atoms with van der Waals surface area (Å²) in [5.74, 6) is 0. The van der Waals surface area contributed by atoms with Gasteiger partial charge in [0, 0.05) is 11.6 Å². The van der Waals surface area contributed by atoms with Gasteiger partial charge in [0.2, 0.25) is 10.0 Å². The first kappa shape index (κ1) is 20.5. The number of rotatable bonds is 3. The Morgan fingerprint density at radius 1 is 0.903 bits per heavy atom. The number of aryl methyl sites for hydroxylation is 2. The minimum atomic E-state index is -3.65. The summed E-state index contributed by atoms with van der Waals surface area (Å²) in [6.45, 7) is 2.39. The van der Waals surface area contributed by atoms with Gasteiger partial charge in [-0.3, -0.25) is 0 Å². The standard InChI is InChI=1S/C26H24ClNO2S/c1-18-6-14-23(15-7-18)31(29,30)28-17-21-9-8-19-4-2-3-5-24(19)25(21)16-26(28)20-10-12-22(27)13-11-20/h2-7,10-15,26H,8-9,16-17H2,1H3. The molecule has 3 aromatic carbocycles. The number of halogens is 1. The fourth-order valence-corrected chi connectivity index (χ4v) is 6.48. The molecule has 0 aromatic heterocycles. The Hall–Kier alpha value is -2.40. The normalized spacial score (nSPS) is 19.1. The second kappa shape index (κ2) is 7.94. The molecular weight excluding hydrogens is 426 g/mol. The average molecular weight is 450 g/mol. The molecule has 0 spiro atoms. The third-order valence-electron chi connectivity index (χ3n) is 6.44. The van der Waals surface area contributed by atoms with Crippen LogP contribution in [-0.4, -0.2) is 19.3 Å². The van der Waals surface area contributed by atoms with Crippen LogP contribution in [0.3, 0.4) is 0 Å². The molecule has 1 unspecified atom stereocenters. The van der Waals surface area contributed by atoms with Gasteiger partial charge in [0.25, 0.3) is 0 Å². The summed E-state index contributed by atoms with van der Waals surface area (Å²) >= 11 is 6.12. The summed E-state index contributed by atoms with van der Waals surface area (Å²) < 4.78 is 29.2. The molecule has 2 aliphatic rings. The molecule has 3 nitrogen and oxygen atoms in total. The van der Waals surface area contributed by atoms with E-state index in [-0.39, 0.29) is 6.04 Å². The van der Waals surface area contributed by atoms with E-state index in [2.05, 4.69) is 24.3 Å². The van der Waals surface area contributed by atoms with E-state index in [4.69, 9.17) is 11.6 Å². The number of benzene rings is 3. The third-order valence-corrected chi connectivity index (χ3v) is 8.56. The molecule has 1 aliphatic carbocycles. The van der Waals surface area contributed by atoms with E-state index in [1.54, 1.807) is 16.4 Å². The Kier molecular flexibility index (Phi) is 5.25. The Bertz CT molecular complexity index is 1260. The van der Waals surface area contributed by atoms with Gasteiger partial charge >= 0.3 is 0 Å². The number of hydrogen-bond donors (Lipinski definition) is 0. The van der Waals surface area contributed by atoms with Gasteiger partial charge in [0.05, 0.1) is 10.9 Å². The minimum Gasteiger partial charge on any atom is -0.207 e. The predicted molar refractivity (Wildman–Crippen MR) is 126 cm³/mol. The van der Waals surface area contributed by atoms with E-state index >= 15 is 0 Å². The molecule has 0 bridgehead atoms. The van der Waals surface area contributed by atoms with Crippen molar-refractivity contribution in [2.75, 3.05) is 6.54 Å². The molecule has 0 saturated heterocycles. The monoisotopic (exact) mass is 449 g/mol. The van der Waals surface area contributed by atoms with Crippen LogP contribution >= 0.6 is 11.6 Å². The molecule has 0 N–H and O–H groups in total. The second-order valence-electron chi connectivity index (χ2n) is 8.37. The van der Waals surface area contributed by atoms with E-state index in [0.717, 1.165) is 24.0 Å². The first-order valence-corrected chi connectivity index (χ1v) is 12.4. The minimum absolute atomic E-state index is 0.270. The molecule has 158 valence electrons. The molecule has 1 heterocycles. The molecule has 1 aliphatic heterocycles. The van der Waals surface area contributed by atoms with E-state index in [1.807, 2.05) is 43.3 Å². The lowest BCUT2D eigenvalue weighted by Gasteiger charge is -2.40. The van der Waals surface area contributed by atoms with Gasteiger partial charge in [-0.2, -0.15) is 4.31 Å². The van der Waals surface area contributed by atoms with Crippen LogP contribution in [0.25, 0.3) is 5.57 Å². The van der Waals surface area contributed by atoms with Gasteiger partial charge in [-0.1, -0.05) is 71.3 Å². The van der Waals surface area contributed by atoms with Gasteiger partial charge in [0.15, 0.2) is 0 Å². The van der Waals surface area contributed by atoms with Crippen molar-refractivity contribution in [3.8, 4) is 0 Å². The van der Waals surface area contributed by atoms with Crippen molar-refractivity contribution >= 4 is 27.2 Å². The lowest BCUT2D eigenvalue weighted by molar-refractivity contribution is 0.331. The second-order valence-corrected chi connectivity index (χ2v) is 10.7. The Balaban J connectivity index is 1.63. The van der Waals surface area contributed by atoms with Crippen LogP contribution < -0.4 is 0 Å². The summed E-state index contributed by atoms with van der Waals surface area (Å²) in [5.41, 5.74) is 7.17. The number of sulfonamides is 1. The van der Waals surface area contributed by atoms with Crippen molar-refractivity contribution in [3.63, 3.8) is 0 Å². The largest absolute Gasteiger partial charge is 0.243 e. The zero-order chi connectivity index (χ0) is 21.6.